The van der Waals surface area contributed by atoms with Gasteiger partial charge in [-0.1, -0.05) is 25.1 Å². The number of carboxylic acids is 1. The molecule has 0 spiro atoms. The predicted molar refractivity (Wildman–Crippen MR) is 101 cm³/mol. The average Bonchev–Trinajstić information content (AvgIpc) is 2.60. The van der Waals surface area contributed by atoms with E-state index >= 15 is 0 Å². The quantitative estimate of drug-likeness (QED) is 0.769. The average molecular weight is 378 g/mol. The normalized spacial score (nSPS) is 11.1. The summed E-state index contributed by atoms with van der Waals surface area (Å²) in [5.41, 5.74) is 0.924. The predicted octanol–water partition coefficient (Wildman–Crippen LogP) is 2.82. The van der Waals surface area contributed by atoms with E-state index in [1.54, 1.807) is 43.3 Å². The van der Waals surface area contributed by atoms with E-state index < -0.39 is 16.0 Å². The smallest absolute Gasteiger partial charge is 0.341 e. The first-order valence-corrected chi connectivity index (χ1v) is 9.43. The summed E-state index contributed by atoms with van der Waals surface area (Å²) in [6, 6.07) is 9.58. The number of carboxylic acid groups (broad SMARTS) is 1. The summed E-state index contributed by atoms with van der Waals surface area (Å²) in [7, 11) is 0.826. The summed E-state index contributed by atoms with van der Waals surface area (Å²) in [5.74, 6) is -1.11. The number of aryl methyl sites for hydroxylation is 1. The third-order valence-electron chi connectivity index (χ3n) is 3.92. The molecular weight excluding hydrogens is 356 g/mol. The zero-order chi connectivity index (χ0) is 19.5. The Kier molecular flexibility index (Phi) is 5.76. The molecule has 0 saturated carbocycles. The van der Waals surface area contributed by atoms with Crippen molar-refractivity contribution >= 4 is 27.4 Å². The van der Waals surface area contributed by atoms with Crippen molar-refractivity contribution in [1.29, 1.82) is 0 Å². The molecule has 26 heavy (non-hydrogen) atoms. The second-order valence-corrected chi connectivity index (χ2v) is 7.46. The largest absolute Gasteiger partial charge is 0.495 e. The second kappa shape index (κ2) is 7.65. The fraction of sp³-hybridized carbons (Fsp3) is 0.278. The highest BCUT2D eigenvalue weighted by atomic mass is 32.2. The van der Waals surface area contributed by atoms with E-state index in [9.17, 15) is 18.3 Å². The molecule has 0 aliphatic rings. The van der Waals surface area contributed by atoms with Crippen LogP contribution in [0.15, 0.2) is 41.3 Å². The lowest BCUT2D eigenvalue weighted by molar-refractivity contribution is 0.0694. The minimum absolute atomic E-state index is 0.0416. The SMILES string of the molecule is CCc1ccc(NS(=O)(=O)c2ccccc2N(C)C)c(C(=O)O)c1OC. The number of rotatable bonds is 7. The first-order chi connectivity index (χ1) is 12.2. The molecule has 0 heterocycles. The van der Waals surface area contributed by atoms with Crippen molar-refractivity contribution in [3.8, 4) is 5.75 Å². The number of hydrogen-bond donors (Lipinski definition) is 2. The van der Waals surface area contributed by atoms with Crippen LogP contribution in [0, 0.1) is 0 Å². The number of aromatic carboxylic acids is 1. The zero-order valence-corrected chi connectivity index (χ0v) is 15.9. The Hall–Kier alpha value is -2.74. The van der Waals surface area contributed by atoms with Gasteiger partial charge in [0, 0.05) is 14.1 Å². The van der Waals surface area contributed by atoms with Crippen molar-refractivity contribution in [2.75, 3.05) is 30.8 Å². The molecule has 0 aliphatic carbocycles. The highest BCUT2D eigenvalue weighted by molar-refractivity contribution is 7.92. The van der Waals surface area contributed by atoms with Crippen LogP contribution in [0.4, 0.5) is 11.4 Å². The second-order valence-electron chi connectivity index (χ2n) is 5.81. The molecule has 0 saturated heterocycles. The summed E-state index contributed by atoms with van der Waals surface area (Å²) in [6.07, 6.45) is 0.556. The number of ether oxygens (including phenoxy) is 1. The van der Waals surface area contributed by atoms with E-state index in [0.29, 0.717) is 17.7 Å². The van der Waals surface area contributed by atoms with Crippen LogP contribution in [0.3, 0.4) is 0 Å². The van der Waals surface area contributed by atoms with Crippen LogP contribution in [0.2, 0.25) is 0 Å². The molecule has 2 rings (SSSR count). The molecule has 0 amide bonds. The van der Waals surface area contributed by atoms with Gasteiger partial charge in [0.15, 0.2) is 0 Å². The van der Waals surface area contributed by atoms with Crippen LogP contribution >= 0.6 is 0 Å². The van der Waals surface area contributed by atoms with Crippen molar-refractivity contribution in [3.05, 3.63) is 47.5 Å². The molecule has 2 aromatic rings. The minimum atomic E-state index is -4.00. The topological polar surface area (TPSA) is 95.9 Å². The van der Waals surface area contributed by atoms with E-state index in [2.05, 4.69) is 4.72 Å². The van der Waals surface area contributed by atoms with Crippen LogP contribution in [-0.4, -0.2) is 40.7 Å². The maximum Gasteiger partial charge on any atom is 0.341 e. The highest BCUT2D eigenvalue weighted by Crippen LogP contribution is 2.33. The molecule has 2 N–H and O–H groups in total. The molecule has 0 aliphatic heterocycles. The number of anilines is 2. The first-order valence-electron chi connectivity index (χ1n) is 7.95. The van der Waals surface area contributed by atoms with Gasteiger partial charge in [0.25, 0.3) is 10.0 Å². The van der Waals surface area contributed by atoms with Gasteiger partial charge in [-0.05, 0) is 30.2 Å². The molecular formula is C18H22N2O5S. The summed E-state index contributed by atoms with van der Waals surface area (Å²) in [6.45, 7) is 1.86. The Balaban J connectivity index is 2.60. The summed E-state index contributed by atoms with van der Waals surface area (Å²) >= 11 is 0. The number of nitrogens with zero attached hydrogens (tertiary/aromatic N) is 1. The maximum absolute atomic E-state index is 12.9. The number of methoxy groups -OCH3 is 1. The Bertz CT molecular complexity index is 923. The molecule has 8 heteroatoms. The van der Waals surface area contributed by atoms with Crippen LogP contribution in [0.5, 0.6) is 5.75 Å². The third-order valence-corrected chi connectivity index (χ3v) is 5.33. The lowest BCUT2D eigenvalue weighted by Crippen LogP contribution is -2.20. The molecule has 0 aromatic heterocycles. The van der Waals surface area contributed by atoms with Crippen LogP contribution in [0.1, 0.15) is 22.8 Å². The third kappa shape index (κ3) is 3.75. The lowest BCUT2D eigenvalue weighted by Gasteiger charge is -2.19. The molecule has 0 atom stereocenters. The van der Waals surface area contributed by atoms with Gasteiger partial charge in [0.05, 0.1) is 18.5 Å². The molecule has 140 valence electrons. The van der Waals surface area contributed by atoms with Gasteiger partial charge in [-0.2, -0.15) is 0 Å². The fourth-order valence-corrected chi connectivity index (χ4v) is 4.04. The molecule has 0 fully saturated rings. The van der Waals surface area contributed by atoms with Crippen molar-refractivity contribution < 1.29 is 23.1 Å². The number of para-hydroxylation sites is 1. The van der Waals surface area contributed by atoms with Crippen LogP contribution < -0.4 is 14.4 Å². The van der Waals surface area contributed by atoms with Gasteiger partial charge in [-0.15, -0.1) is 0 Å². The van der Waals surface area contributed by atoms with E-state index in [-0.39, 0.29) is 21.9 Å². The van der Waals surface area contributed by atoms with Gasteiger partial charge in [-0.3, -0.25) is 4.72 Å². The van der Waals surface area contributed by atoms with Crippen LogP contribution in [-0.2, 0) is 16.4 Å². The van der Waals surface area contributed by atoms with E-state index in [1.807, 2.05) is 6.92 Å². The van der Waals surface area contributed by atoms with Gasteiger partial charge in [-0.25, -0.2) is 13.2 Å². The maximum atomic E-state index is 12.9. The highest BCUT2D eigenvalue weighted by Gasteiger charge is 2.25. The summed E-state index contributed by atoms with van der Waals surface area (Å²) in [5, 5.41) is 9.58. The monoisotopic (exact) mass is 378 g/mol. The van der Waals surface area contributed by atoms with Crippen molar-refractivity contribution in [1.82, 2.24) is 0 Å². The van der Waals surface area contributed by atoms with Crippen molar-refractivity contribution in [3.63, 3.8) is 0 Å². The van der Waals surface area contributed by atoms with Crippen LogP contribution in [0.25, 0.3) is 0 Å². The molecule has 0 radical (unpaired) electrons. The summed E-state index contributed by atoms with van der Waals surface area (Å²) < 4.78 is 33.4. The Morgan fingerprint density at radius 1 is 1.19 bits per heavy atom. The Morgan fingerprint density at radius 2 is 1.85 bits per heavy atom. The number of nitrogens with one attached hydrogen (secondary N) is 1. The van der Waals surface area contributed by atoms with E-state index in [1.165, 1.54) is 19.2 Å². The van der Waals surface area contributed by atoms with Gasteiger partial charge < -0.3 is 14.7 Å². The fourth-order valence-electron chi connectivity index (χ4n) is 2.69. The number of carbonyl (C=O) groups is 1. The van der Waals surface area contributed by atoms with Gasteiger partial charge >= 0.3 is 5.97 Å². The Morgan fingerprint density at radius 3 is 2.38 bits per heavy atom. The Labute approximate surface area is 153 Å². The van der Waals surface area contributed by atoms with Gasteiger partial charge in [0.2, 0.25) is 0 Å². The van der Waals surface area contributed by atoms with Gasteiger partial charge in [0.1, 0.15) is 16.2 Å². The van der Waals surface area contributed by atoms with Crippen molar-refractivity contribution in [2.45, 2.75) is 18.2 Å². The van der Waals surface area contributed by atoms with E-state index in [0.717, 1.165) is 0 Å². The standard InChI is InChI=1S/C18H22N2O5S/c1-5-12-10-11-13(16(18(21)22)17(12)25-4)19-26(23,24)15-9-7-6-8-14(15)20(2)3/h6-11,19H,5H2,1-4H3,(H,21,22). The van der Waals surface area contributed by atoms with Crippen molar-refractivity contribution in [2.24, 2.45) is 0 Å². The number of benzene rings is 2. The minimum Gasteiger partial charge on any atom is -0.495 e. The lowest BCUT2D eigenvalue weighted by atomic mass is 10.0. The molecule has 0 unspecified atom stereocenters. The zero-order valence-electron chi connectivity index (χ0n) is 15.1. The molecule has 7 nitrogen and oxygen atoms in total. The first kappa shape index (κ1) is 19.6. The number of hydrogen-bond acceptors (Lipinski definition) is 5. The number of sulfonamides is 1. The molecule has 2 aromatic carbocycles. The van der Waals surface area contributed by atoms with E-state index in [4.69, 9.17) is 4.74 Å². The molecule has 0 bridgehead atoms. The summed E-state index contributed by atoms with van der Waals surface area (Å²) in [4.78, 5) is 13.5.